The quantitative estimate of drug-likeness (QED) is 0.652. The monoisotopic (exact) mass is 353 g/mol. The predicted octanol–water partition coefficient (Wildman–Crippen LogP) is 4.24. The summed E-state index contributed by atoms with van der Waals surface area (Å²) >= 11 is 0. The topological polar surface area (TPSA) is 52.3 Å². The van der Waals surface area contributed by atoms with Crippen LogP contribution in [0.1, 0.15) is 43.2 Å². The summed E-state index contributed by atoms with van der Waals surface area (Å²) < 4.78 is 5.99. The molecule has 26 heavy (non-hydrogen) atoms. The molecule has 1 N–H and O–H groups in total. The van der Waals surface area contributed by atoms with Crippen LogP contribution in [0.2, 0.25) is 0 Å². The second kappa shape index (κ2) is 5.56. The van der Waals surface area contributed by atoms with Crippen LogP contribution in [0.5, 0.6) is 5.75 Å². The first kappa shape index (κ1) is 16.3. The van der Waals surface area contributed by atoms with Gasteiger partial charge in [0.2, 0.25) is 0 Å². The molecular formula is C21H23NO4. The van der Waals surface area contributed by atoms with Crippen LogP contribution in [0.3, 0.4) is 0 Å². The largest absolute Gasteiger partial charge is 0.507 e. The second-order valence-electron chi connectivity index (χ2n) is 8.30. The molecule has 0 amide bonds. The molecule has 5 fully saturated rings. The molecule has 1 unspecified atom stereocenters. The van der Waals surface area contributed by atoms with E-state index in [1.807, 2.05) is 6.07 Å². The summed E-state index contributed by atoms with van der Waals surface area (Å²) in [5, 5.41) is 10.4. The molecule has 1 aliphatic heterocycles. The summed E-state index contributed by atoms with van der Waals surface area (Å²) in [5.74, 6) is 1.67. The van der Waals surface area contributed by atoms with Crippen LogP contribution in [0.4, 0.5) is 0 Å². The molecule has 1 aromatic rings. The Morgan fingerprint density at radius 3 is 2.35 bits per heavy atom. The SMILES string of the molecule is [C-]#[N+]/C=C/c1ccc(C2(OC)OOC23C2CC4CC(C2)CC3C4)cc1O. The van der Waals surface area contributed by atoms with Crippen molar-refractivity contribution in [3.63, 3.8) is 0 Å². The first-order chi connectivity index (χ1) is 12.6. The van der Waals surface area contributed by atoms with Gasteiger partial charge in [-0.1, -0.05) is 18.2 Å². The van der Waals surface area contributed by atoms with Crippen molar-refractivity contribution in [1.29, 1.82) is 0 Å². The molecule has 1 spiro atoms. The molecule has 4 saturated carbocycles. The van der Waals surface area contributed by atoms with Crippen LogP contribution in [-0.2, 0) is 20.3 Å². The van der Waals surface area contributed by atoms with Gasteiger partial charge in [-0.05, 0) is 61.8 Å². The highest BCUT2D eigenvalue weighted by molar-refractivity contribution is 5.59. The maximum Gasteiger partial charge on any atom is 0.260 e. The molecule has 136 valence electrons. The van der Waals surface area contributed by atoms with Gasteiger partial charge in [0.1, 0.15) is 5.75 Å². The van der Waals surface area contributed by atoms with E-state index < -0.39 is 11.4 Å². The van der Waals surface area contributed by atoms with Gasteiger partial charge in [-0.3, -0.25) is 0 Å². The molecule has 5 nitrogen and oxygen atoms in total. The average Bonchev–Trinajstić information content (AvgIpc) is 2.60. The molecular weight excluding hydrogens is 330 g/mol. The van der Waals surface area contributed by atoms with Gasteiger partial charge in [0.15, 0.2) is 11.8 Å². The number of hydrogen-bond donors (Lipinski definition) is 1. The van der Waals surface area contributed by atoms with Crippen molar-refractivity contribution in [2.45, 2.75) is 43.5 Å². The molecule has 5 heteroatoms. The zero-order valence-corrected chi connectivity index (χ0v) is 14.9. The first-order valence-corrected chi connectivity index (χ1v) is 9.41. The minimum absolute atomic E-state index is 0.119. The van der Waals surface area contributed by atoms with Crippen molar-refractivity contribution >= 4 is 6.08 Å². The number of methoxy groups -OCH3 is 1. The number of aromatic hydroxyl groups is 1. The number of phenols is 1. The number of hydrogen-bond acceptors (Lipinski definition) is 4. The number of phenolic OH excluding ortho intramolecular Hbond substituents is 1. The van der Waals surface area contributed by atoms with Crippen LogP contribution < -0.4 is 0 Å². The van der Waals surface area contributed by atoms with Crippen molar-refractivity contribution in [2.24, 2.45) is 23.7 Å². The highest BCUT2D eigenvalue weighted by Crippen LogP contribution is 2.69. The van der Waals surface area contributed by atoms with Crippen LogP contribution in [-0.4, -0.2) is 17.8 Å². The van der Waals surface area contributed by atoms with E-state index in [4.69, 9.17) is 21.1 Å². The van der Waals surface area contributed by atoms with E-state index in [0.717, 1.165) is 17.4 Å². The molecule has 1 saturated heterocycles. The standard InChI is InChI=1S/C21H23NO4/c1-22-6-5-15-3-4-16(12-19(15)23)21(24-2)20(25-26-21)17-8-13-7-14(10-17)11-18(20)9-13/h3-6,12-14,17-18,23H,7-11H2,2H3/b6-5+. The van der Waals surface area contributed by atoms with Crippen LogP contribution in [0, 0.1) is 30.2 Å². The zero-order chi connectivity index (χ0) is 17.9. The number of rotatable bonds is 3. The molecule has 1 heterocycles. The van der Waals surface area contributed by atoms with Crippen molar-refractivity contribution in [2.75, 3.05) is 7.11 Å². The fourth-order valence-corrected chi connectivity index (χ4v) is 6.36. The van der Waals surface area contributed by atoms with Gasteiger partial charge in [-0.25, -0.2) is 9.73 Å². The van der Waals surface area contributed by atoms with Crippen LogP contribution in [0.25, 0.3) is 10.9 Å². The van der Waals surface area contributed by atoms with Crippen molar-refractivity contribution in [3.8, 4) is 5.75 Å². The lowest BCUT2D eigenvalue weighted by molar-refractivity contribution is -0.645. The van der Waals surface area contributed by atoms with Gasteiger partial charge < -0.3 is 9.84 Å². The van der Waals surface area contributed by atoms with Gasteiger partial charge in [0.25, 0.3) is 5.79 Å². The first-order valence-electron chi connectivity index (χ1n) is 9.41. The van der Waals surface area contributed by atoms with Gasteiger partial charge in [-0.15, -0.1) is 0 Å². The Bertz CT molecular complexity index is 779. The summed E-state index contributed by atoms with van der Waals surface area (Å²) in [6, 6.07) is 5.42. The Balaban J connectivity index is 1.56. The Morgan fingerprint density at radius 2 is 1.85 bits per heavy atom. The third-order valence-corrected chi connectivity index (χ3v) is 7.19. The van der Waals surface area contributed by atoms with Crippen molar-refractivity contribution < 1.29 is 19.6 Å². The van der Waals surface area contributed by atoms with E-state index >= 15 is 0 Å². The number of nitrogens with zero attached hydrogens (tertiary/aromatic N) is 1. The van der Waals surface area contributed by atoms with E-state index in [1.165, 1.54) is 38.3 Å². The molecule has 4 aliphatic carbocycles. The van der Waals surface area contributed by atoms with E-state index in [1.54, 1.807) is 25.3 Å². The lowest BCUT2D eigenvalue weighted by Gasteiger charge is -2.68. The second-order valence-corrected chi connectivity index (χ2v) is 8.30. The lowest BCUT2D eigenvalue weighted by Crippen LogP contribution is -2.76. The van der Waals surface area contributed by atoms with Crippen LogP contribution in [0.15, 0.2) is 24.4 Å². The van der Waals surface area contributed by atoms with E-state index in [2.05, 4.69) is 4.85 Å². The normalized spacial score (nSPS) is 42.9. The van der Waals surface area contributed by atoms with Crippen LogP contribution >= 0.6 is 0 Å². The lowest BCUT2D eigenvalue weighted by atomic mass is 9.47. The molecule has 4 bridgehead atoms. The predicted molar refractivity (Wildman–Crippen MR) is 94.4 cm³/mol. The molecule has 6 rings (SSSR count). The number of ether oxygens (including phenoxy) is 1. The van der Waals surface area contributed by atoms with E-state index in [9.17, 15) is 5.11 Å². The fraction of sp³-hybridized carbons (Fsp3) is 0.571. The minimum Gasteiger partial charge on any atom is -0.507 e. The van der Waals surface area contributed by atoms with Gasteiger partial charge in [0.05, 0.1) is 6.57 Å². The Labute approximate surface area is 153 Å². The maximum absolute atomic E-state index is 10.4. The molecule has 0 aromatic heterocycles. The van der Waals surface area contributed by atoms with Gasteiger partial charge in [0, 0.05) is 18.2 Å². The fourth-order valence-electron chi connectivity index (χ4n) is 6.36. The zero-order valence-electron chi connectivity index (χ0n) is 14.9. The Morgan fingerprint density at radius 1 is 1.15 bits per heavy atom. The smallest absolute Gasteiger partial charge is 0.260 e. The highest BCUT2D eigenvalue weighted by atomic mass is 17.3. The van der Waals surface area contributed by atoms with Crippen molar-refractivity contribution in [3.05, 3.63) is 46.9 Å². The van der Waals surface area contributed by atoms with E-state index in [0.29, 0.717) is 17.4 Å². The molecule has 0 radical (unpaired) electrons. The third kappa shape index (κ3) is 1.90. The summed E-state index contributed by atoms with van der Waals surface area (Å²) in [7, 11) is 1.67. The summed E-state index contributed by atoms with van der Waals surface area (Å²) in [4.78, 5) is 14.8. The Hall–Kier alpha value is -1.87. The maximum atomic E-state index is 10.4. The summed E-state index contributed by atoms with van der Waals surface area (Å²) in [5.41, 5.74) is 0.946. The third-order valence-electron chi connectivity index (χ3n) is 7.19. The van der Waals surface area contributed by atoms with Gasteiger partial charge >= 0.3 is 0 Å². The van der Waals surface area contributed by atoms with Crippen molar-refractivity contribution in [1.82, 2.24) is 0 Å². The molecule has 5 aliphatic rings. The summed E-state index contributed by atoms with van der Waals surface area (Å²) in [6.07, 6.45) is 9.02. The average molecular weight is 353 g/mol. The number of benzene rings is 1. The van der Waals surface area contributed by atoms with Gasteiger partial charge in [-0.2, -0.15) is 4.89 Å². The molecule has 1 aromatic carbocycles. The summed E-state index contributed by atoms with van der Waals surface area (Å²) in [6.45, 7) is 6.85. The molecule has 1 atom stereocenters. The Kier molecular flexibility index (Phi) is 3.49. The minimum atomic E-state index is -0.963. The highest BCUT2D eigenvalue weighted by Gasteiger charge is 2.76. The van der Waals surface area contributed by atoms with E-state index in [-0.39, 0.29) is 5.75 Å².